The number of imide groups is 1. The Balaban J connectivity index is 2.07. The normalized spacial score (nSPS) is 10.3. The maximum atomic E-state index is 12.1. The van der Waals surface area contributed by atoms with E-state index in [-0.39, 0.29) is 6.54 Å². The van der Waals surface area contributed by atoms with Gasteiger partial charge in [0, 0.05) is 12.3 Å². The summed E-state index contributed by atoms with van der Waals surface area (Å²) >= 11 is 0. The third-order valence-corrected chi connectivity index (χ3v) is 2.89. The molecule has 0 fully saturated rings. The lowest BCUT2D eigenvalue weighted by molar-refractivity contribution is -0.125. The number of aldehydes is 1. The highest BCUT2D eigenvalue weighted by atomic mass is 16.2. The van der Waals surface area contributed by atoms with Crippen molar-refractivity contribution in [2.75, 3.05) is 11.9 Å². The van der Waals surface area contributed by atoms with Crippen LogP contribution in [0.2, 0.25) is 0 Å². The number of pyridine rings is 1. The highest BCUT2D eigenvalue weighted by Gasteiger charge is 2.19. The number of aromatic nitrogens is 1. The zero-order valence-electron chi connectivity index (χ0n) is 12.3. The van der Waals surface area contributed by atoms with Crippen LogP contribution in [0.4, 0.5) is 10.6 Å². The summed E-state index contributed by atoms with van der Waals surface area (Å²) in [5, 5.41) is 2.47. The molecule has 0 bridgehead atoms. The molecule has 6 heteroatoms. The van der Waals surface area contributed by atoms with Gasteiger partial charge in [-0.25, -0.2) is 9.78 Å². The SMILES string of the molecule is O=CCN(C(=O)C=Cc1ccccc1)C(=O)Nc1ccccn1. The Labute approximate surface area is 133 Å². The minimum absolute atomic E-state index is 0.299. The lowest BCUT2D eigenvalue weighted by Gasteiger charge is -2.16. The molecule has 3 amide bonds. The summed E-state index contributed by atoms with van der Waals surface area (Å²) in [7, 11) is 0. The van der Waals surface area contributed by atoms with Crippen molar-refractivity contribution in [2.45, 2.75) is 0 Å². The quantitative estimate of drug-likeness (QED) is 0.679. The zero-order chi connectivity index (χ0) is 16.5. The fraction of sp³-hybridized carbons (Fsp3) is 0.0588. The van der Waals surface area contributed by atoms with Gasteiger partial charge in [-0.15, -0.1) is 0 Å². The molecule has 1 N–H and O–H groups in total. The molecule has 1 aromatic carbocycles. The topological polar surface area (TPSA) is 79.4 Å². The summed E-state index contributed by atoms with van der Waals surface area (Å²) in [6.07, 6.45) is 4.83. The Hall–Kier alpha value is -3.28. The van der Waals surface area contributed by atoms with Crippen LogP contribution >= 0.6 is 0 Å². The van der Waals surface area contributed by atoms with Crippen LogP contribution in [-0.2, 0) is 9.59 Å². The smallest absolute Gasteiger partial charge is 0.301 e. The highest BCUT2D eigenvalue weighted by molar-refractivity contribution is 6.07. The fourth-order valence-electron chi connectivity index (χ4n) is 1.78. The van der Waals surface area contributed by atoms with Gasteiger partial charge < -0.3 is 4.79 Å². The minimum Gasteiger partial charge on any atom is -0.301 e. The van der Waals surface area contributed by atoms with E-state index >= 15 is 0 Å². The molecule has 0 atom stereocenters. The molecular formula is C17H15N3O3. The maximum absolute atomic E-state index is 12.1. The number of nitrogens with zero attached hydrogens (tertiary/aromatic N) is 2. The second kappa shape index (κ2) is 8.23. The van der Waals surface area contributed by atoms with Crippen molar-refractivity contribution in [1.29, 1.82) is 0 Å². The van der Waals surface area contributed by atoms with Gasteiger partial charge in [-0.3, -0.25) is 15.0 Å². The first-order valence-corrected chi connectivity index (χ1v) is 6.91. The number of carbonyl (C=O) groups is 3. The van der Waals surface area contributed by atoms with E-state index in [9.17, 15) is 14.4 Å². The Morgan fingerprint density at radius 1 is 1.09 bits per heavy atom. The van der Waals surface area contributed by atoms with E-state index < -0.39 is 11.9 Å². The van der Waals surface area contributed by atoms with Crippen molar-refractivity contribution in [3.05, 3.63) is 66.4 Å². The van der Waals surface area contributed by atoms with E-state index in [2.05, 4.69) is 10.3 Å². The summed E-state index contributed by atoms with van der Waals surface area (Å²) in [5.74, 6) is -0.289. The summed E-state index contributed by atoms with van der Waals surface area (Å²) in [4.78, 5) is 39.7. The van der Waals surface area contributed by atoms with Crippen molar-refractivity contribution < 1.29 is 14.4 Å². The molecule has 1 aromatic heterocycles. The first kappa shape index (κ1) is 16.1. The lowest BCUT2D eigenvalue weighted by Crippen LogP contribution is -2.40. The second-order valence-corrected chi connectivity index (χ2v) is 4.50. The molecule has 116 valence electrons. The van der Waals surface area contributed by atoms with Crippen LogP contribution in [0.15, 0.2) is 60.8 Å². The molecular weight excluding hydrogens is 294 g/mol. The van der Waals surface area contributed by atoms with Crippen LogP contribution in [-0.4, -0.2) is 34.7 Å². The molecule has 2 aromatic rings. The number of urea groups is 1. The number of hydrogen-bond donors (Lipinski definition) is 1. The molecule has 2 rings (SSSR count). The largest absolute Gasteiger partial charge is 0.330 e. The first-order chi connectivity index (χ1) is 11.2. The van der Waals surface area contributed by atoms with Gasteiger partial charge >= 0.3 is 6.03 Å². The molecule has 0 saturated carbocycles. The van der Waals surface area contributed by atoms with Crippen LogP contribution in [0, 0.1) is 0 Å². The number of anilines is 1. The van der Waals surface area contributed by atoms with E-state index in [1.54, 1.807) is 24.3 Å². The van der Waals surface area contributed by atoms with E-state index in [1.807, 2.05) is 30.3 Å². The van der Waals surface area contributed by atoms with Crippen LogP contribution in [0.5, 0.6) is 0 Å². The van der Waals surface area contributed by atoms with Crippen LogP contribution < -0.4 is 5.32 Å². The number of nitrogens with one attached hydrogen (secondary N) is 1. The molecule has 1 heterocycles. The highest BCUT2D eigenvalue weighted by Crippen LogP contribution is 2.05. The lowest BCUT2D eigenvalue weighted by atomic mass is 10.2. The third kappa shape index (κ3) is 4.89. The predicted octanol–water partition coefficient (Wildman–Crippen LogP) is 2.35. The number of amides is 3. The summed E-state index contributed by atoms with van der Waals surface area (Å²) < 4.78 is 0. The van der Waals surface area contributed by atoms with Gasteiger partial charge in [-0.05, 0) is 23.8 Å². The van der Waals surface area contributed by atoms with Gasteiger partial charge in [0.2, 0.25) is 0 Å². The van der Waals surface area contributed by atoms with Gasteiger partial charge in [-0.1, -0.05) is 36.4 Å². The molecule has 0 spiro atoms. The van der Waals surface area contributed by atoms with E-state index in [4.69, 9.17) is 0 Å². The Kier molecular flexibility index (Phi) is 5.76. The first-order valence-electron chi connectivity index (χ1n) is 6.91. The molecule has 0 aliphatic carbocycles. The second-order valence-electron chi connectivity index (χ2n) is 4.50. The van der Waals surface area contributed by atoms with Gasteiger partial charge in [0.25, 0.3) is 5.91 Å². The van der Waals surface area contributed by atoms with E-state index in [1.165, 1.54) is 12.3 Å². The molecule has 0 unspecified atom stereocenters. The van der Waals surface area contributed by atoms with Crippen molar-refractivity contribution in [3.8, 4) is 0 Å². The number of carbonyl (C=O) groups excluding carboxylic acids is 3. The summed E-state index contributed by atoms with van der Waals surface area (Å²) in [6.45, 7) is -0.337. The minimum atomic E-state index is -0.710. The standard InChI is InChI=1S/C17H15N3O3/c21-13-12-20(17(23)19-15-8-4-5-11-18-15)16(22)10-9-14-6-2-1-3-7-14/h1-11,13H,12H2,(H,18,19,23). The van der Waals surface area contributed by atoms with Crippen LogP contribution in [0.3, 0.4) is 0 Å². The average Bonchev–Trinajstić information content (AvgIpc) is 2.59. The molecule has 0 radical (unpaired) electrons. The van der Waals surface area contributed by atoms with Crippen molar-refractivity contribution in [2.24, 2.45) is 0 Å². The molecule has 0 aliphatic heterocycles. The van der Waals surface area contributed by atoms with Crippen LogP contribution in [0.25, 0.3) is 6.08 Å². The Morgan fingerprint density at radius 3 is 2.48 bits per heavy atom. The Bertz CT molecular complexity index is 700. The molecule has 23 heavy (non-hydrogen) atoms. The fourth-order valence-corrected chi connectivity index (χ4v) is 1.78. The monoisotopic (exact) mass is 309 g/mol. The molecule has 0 aliphatic rings. The van der Waals surface area contributed by atoms with Gasteiger partial charge in [-0.2, -0.15) is 0 Å². The van der Waals surface area contributed by atoms with Gasteiger partial charge in [0.1, 0.15) is 12.1 Å². The number of rotatable bonds is 5. The average molecular weight is 309 g/mol. The molecule has 6 nitrogen and oxygen atoms in total. The maximum Gasteiger partial charge on any atom is 0.330 e. The van der Waals surface area contributed by atoms with E-state index in [0.717, 1.165) is 10.5 Å². The molecule has 0 saturated heterocycles. The van der Waals surface area contributed by atoms with Crippen molar-refractivity contribution in [1.82, 2.24) is 9.88 Å². The van der Waals surface area contributed by atoms with Crippen molar-refractivity contribution >= 4 is 30.1 Å². The number of benzene rings is 1. The van der Waals surface area contributed by atoms with Gasteiger partial charge in [0.05, 0.1) is 6.54 Å². The van der Waals surface area contributed by atoms with Gasteiger partial charge in [0.15, 0.2) is 0 Å². The predicted molar refractivity (Wildman–Crippen MR) is 86.5 cm³/mol. The van der Waals surface area contributed by atoms with Crippen LogP contribution in [0.1, 0.15) is 5.56 Å². The Morgan fingerprint density at radius 2 is 1.83 bits per heavy atom. The third-order valence-electron chi connectivity index (χ3n) is 2.89. The summed E-state index contributed by atoms with van der Waals surface area (Å²) in [5.41, 5.74) is 0.817. The zero-order valence-corrected chi connectivity index (χ0v) is 12.3. The number of hydrogen-bond acceptors (Lipinski definition) is 4. The summed E-state index contributed by atoms with van der Waals surface area (Å²) in [6, 6.07) is 13.4. The van der Waals surface area contributed by atoms with E-state index in [0.29, 0.717) is 12.1 Å². The van der Waals surface area contributed by atoms with Crippen molar-refractivity contribution in [3.63, 3.8) is 0 Å².